The van der Waals surface area contributed by atoms with Crippen LogP contribution in [0.2, 0.25) is 0 Å². The predicted octanol–water partition coefficient (Wildman–Crippen LogP) is 2.24. The van der Waals surface area contributed by atoms with Gasteiger partial charge in [0.25, 0.3) is 5.69 Å². The van der Waals surface area contributed by atoms with Crippen molar-refractivity contribution in [1.82, 2.24) is 4.31 Å². The lowest BCUT2D eigenvalue weighted by atomic mass is 9.94. The first-order valence-electron chi connectivity index (χ1n) is 8.93. The van der Waals surface area contributed by atoms with Crippen LogP contribution >= 0.6 is 0 Å². The molecular weight excluding hydrogens is 358 g/mol. The molecule has 2 aliphatic heterocycles. The number of sulfonamides is 1. The van der Waals surface area contributed by atoms with E-state index in [4.69, 9.17) is 4.74 Å². The Labute approximate surface area is 153 Å². The van der Waals surface area contributed by atoms with Gasteiger partial charge in [-0.1, -0.05) is 6.92 Å². The molecule has 9 heteroatoms. The monoisotopic (exact) mass is 383 g/mol. The second-order valence-electron chi connectivity index (χ2n) is 7.11. The van der Waals surface area contributed by atoms with E-state index in [-0.39, 0.29) is 29.7 Å². The van der Waals surface area contributed by atoms with Gasteiger partial charge in [0.2, 0.25) is 10.0 Å². The molecule has 26 heavy (non-hydrogen) atoms. The summed E-state index contributed by atoms with van der Waals surface area (Å²) in [4.78, 5) is 12.8. The fourth-order valence-corrected chi connectivity index (χ4v) is 5.24. The van der Waals surface area contributed by atoms with Crippen LogP contribution in [-0.2, 0) is 14.8 Å². The number of ether oxygens (including phenoxy) is 1. The number of hydrogen-bond donors (Lipinski definition) is 0. The molecular formula is C17H25N3O5S. The van der Waals surface area contributed by atoms with Gasteiger partial charge >= 0.3 is 0 Å². The van der Waals surface area contributed by atoms with Crippen LogP contribution in [0.25, 0.3) is 0 Å². The van der Waals surface area contributed by atoms with Gasteiger partial charge in [-0.15, -0.1) is 0 Å². The molecule has 2 unspecified atom stereocenters. The van der Waals surface area contributed by atoms with E-state index < -0.39 is 14.9 Å². The Bertz CT molecular complexity index is 777. The Morgan fingerprint density at radius 3 is 2.54 bits per heavy atom. The molecule has 0 N–H and O–H groups in total. The molecule has 1 aromatic carbocycles. The SMILES string of the molecule is CC1CCC(C)N(c2ccc([N+](=O)[O-])cc2S(=O)(=O)N2CCOCC2)C1. The van der Waals surface area contributed by atoms with Gasteiger partial charge in [-0.05, 0) is 31.7 Å². The molecule has 8 nitrogen and oxygen atoms in total. The molecule has 0 aliphatic carbocycles. The number of non-ortho nitro benzene ring substituents is 1. The lowest BCUT2D eigenvalue weighted by Crippen LogP contribution is -2.44. The topological polar surface area (TPSA) is 93.0 Å². The quantitative estimate of drug-likeness (QED) is 0.585. The molecule has 1 aromatic rings. The van der Waals surface area contributed by atoms with Crippen molar-refractivity contribution >= 4 is 21.4 Å². The smallest absolute Gasteiger partial charge is 0.270 e. The summed E-state index contributed by atoms with van der Waals surface area (Å²) < 4.78 is 33.1. The molecule has 2 saturated heterocycles. The third-order valence-electron chi connectivity index (χ3n) is 5.17. The Balaban J connectivity index is 2.08. The minimum atomic E-state index is -3.83. The number of hydrogen-bond acceptors (Lipinski definition) is 6. The molecule has 0 saturated carbocycles. The largest absolute Gasteiger partial charge is 0.379 e. The van der Waals surface area contributed by atoms with Crippen molar-refractivity contribution in [1.29, 1.82) is 0 Å². The third kappa shape index (κ3) is 3.70. The average Bonchev–Trinajstić information content (AvgIpc) is 2.64. The van der Waals surface area contributed by atoms with Crippen LogP contribution in [0.5, 0.6) is 0 Å². The number of nitro benzene ring substituents is 1. The van der Waals surface area contributed by atoms with Crippen LogP contribution in [0.1, 0.15) is 26.7 Å². The van der Waals surface area contributed by atoms with Crippen LogP contribution in [0, 0.1) is 16.0 Å². The lowest BCUT2D eigenvalue weighted by Gasteiger charge is -2.40. The number of piperidine rings is 1. The van der Waals surface area contributed by atoms with Gasteiger partial charge in [-0.25, -0.2) is 8.42 Å². The van der Waals surface area contributed by atoms with E-state index >= 15 is 0 Å². The van der Waals surface area contributed by atoms with Crippen LogP contribution in [-0.4, -0.2) is 56.5 Å². The summed E-state index contributed by atoms with van der Waals surface area (Å²) in [5.74, 6) is 0.445. The van der Waals surface area contributed by atoms with Crippen LogP contribution < -0.4 is 4.90 Å². The molecule has 2 heterocycles. The zero-order valence-corrected chi connectivity index (χ0v) is 15.9. The van der Waals surface area contributed by atoms with E-state index in [2.05, 4.69) is 18.7 Å². The highest BCUT2D eigenvalue weighted by Crippen LogP contribution is 2.36. The van der Waals surface area contributed by atoms with Gasteiger partial charge < -0.3 is 9.64 Å². The van der Waals surface area contributed by atoms with Crippen molar-refractivity contribution in [2.75, 3.05) is 37.7 Å². The molecule has 0 aromatic heterocycles. The van der Waals surface area contributed by atoms with Gasteiger partial charge in [0.05, 0.1) is 23.8 Å². The minimum Gasteiger partial charge on any atom is -0.379 e. The Morgan fingerprint density at radius 2 is 1.88 bits per heavy atom. The van der Waals surface area contributed by atoms with E-state index in [9.17, 15) is 18.5 Å². The Kier molecular flexibility index (Phi) is 5.50. The first-order valence-corrected chi connectivity index (χ1v) is 10.4. The number of anilines is 1. The second kappa shape index (κ2) is 7.50. The van der Waals surface area contributed by atoms with E-state index in [0.29, 0.717) is 24.8 Å². The maximum Gasteiger partial charge on any atom is 0.270 e. The summed E-state index contributed by atoms with van der Waals surface area (Å²) in [5, 5.41) is 11.2. The van der Waals surface area contributed by atoms with E-state index in [1.165, 1.54) is 16.4 Å². The van der Waals surface area contributed by atoms with Gasteiger partial charge in [-0.3, -0.25) is 10.1 Å². The van der Waals surface area contributed by atoms with E-state index in [1.54, 1.807) is 6.07 Å². The fraction of sp³-hybridized carbons (Fsp3) is 0.647. The van der Waals surface area contributed by atoms with Crippen molar-refractivity contribution in [2.24, 2.45) is 5.92 Å². The highest BCUT2D eigenvalue weighted by Gasteiger charge is 2.34. The molecule has 3 rings (SSSR count). The number of rotatable bonds is 4. The summed E-state index contributed by atoms with van der Waals surface area (Å²) in [5.41, 5.74) is 0.347. The fourth-order valence-electron chi connectivity index (χ4n) is 3.61. The van der Waals surface area contributed by atoms with Crippen LogP contribution in [0.3, 0.4) is 0 Å². The van der Waals surface area contributed by atoms with Gasteiger partial charge in [0.1, 0.15) is 4.90 Å². The van der Waals surface area contributed by atoms with Crippen molar-refractivity contribution < 1.29 is 18.1 Å². The van der Waals surface area contributed by atoms with Crippen molar-refractivity contribution in [3.8, 4) is 0 Å². The second-order valence-corrected chi connectivity index (χ2v) is 9.02. The van der Waals surface area contributed by atoms with Gasteiger partial charge in [0, 0.05) is 37.8 Å². The predicted molar refractivity (Wildman–Crippen MR) is 97.9 cm³/mol. The molecule has 2 atom stereocenters. The zero-order valence-electron chi connectivity index (χ0n) is 15.1. The normalized spacial score (nSPS) is 25.2. The highest BCUT2D eigenvalue weighted by molar-refractivity contribution is 7.89. The molecule has 144 valence electrons. The maximum atomic E-state index is 13.2. The van der Waals surface area contributed by atoms with Gasteiger partial charge in [0.15, 0.2) is 0 Å². The average molecular weight is 383 g/mol. The number of nitrogens with zero attached hydrogens (tertiary/aromatic N) is 3. The van der Waals surface area contributed by atoms with Gasteiger partial charge in [-0.2, -0.15) is 4.31 Å². The zero-order chi connectivity index (χ0) is 18.9. The maximum absolute atomic E-state index is 13.2. The number of benzene rings is 1. The molecule has 0 radical (unpaired) electrons. The van der Waals surface area contributed by atoms with Crippen molar-refractivity contribution in [3.63, 3.8) is 0 Å². The lowest BCUT2D eigenvalue weighted by molar-refractivity contribution is -0.385. The minimum absolute atomic E-state index is 0.0227. The summed E-state index contributed by atoms with van der Waals surface area (Å²) in [6.07, 6.45) is 2.06. The third-order valence-corrected chi connectivity index (χ3v) is 7.10. The van der Waals surface area contributed by atoms with Crippen LogP contribution in [0.4, 0.5) is 11.4 Å². The molecule has 0 bridgehead atoms. The molecule has 0 amide bonds. The highest BCUT2D eigenvalue weighted by atomic mass is 32.2. The number of morpholine rings is 1. The first-order chi connectivity index (χ1) is 12.3. The van der Waals surface area contributed by atoms with Crippen molar-refractivity contribution in [2.45, 2.75) is 37.6 Å². The Hall–Kier alpha value is -1.71. The molecule has 0 spiro atoms. The summed E-state index contributed by atoms with van der Waals surface area (Å²) in [6.45, 7) is 6.14. The molecule has 2 fully saturated rings. The van der Waals surface area contributed by atoms with E-state index in [0.717, 1.165) is 19.4 Å². The van der Waals surface area contributed by atoms with Crippen LogP contribution in [0.15, 0.2) is 23.1 Å². The van der Waals surface area contributed by atoms with Crippen molar-refractivity contribution in [3.05, 3.63) is 28.3 Å². The number of nitro groups is 1. The first kappa shape index (κ1) is 19.1. The standard InChI is InChI=1S/C17H25N3O5S/c1-13-3-4-14(2)19(12-13)16-6-5-15(20(21)22)11-17(16)26(23,24)18-7-9-25-10-8-18/h5-6,11,13-14H,3-4,7-10,12H2,1-2H3. The Morgan fingerprint density at radius 1 is 1.19 bits per heavy atom. The summed E-state index contributed by atoms with van der Waals surface area (Å²) >= 11 is 0. The summed E-state index contributed by atoms with van der Waals surface area (Å²) in [7, 11) is -3.83. The van der Waals surface area contributed by atoms with E-state index in [1.807, 2.05) is 0 Å². The summed E-state index contributed by atoms with van der Waals surface area (Å²) in [6, 6.07) is 4.36. The molecule has 2 aliphatic rings.